The summed E-state index contributed by atoms with van der Waals surface area (Å²) in [5.41, 5.74) is -0.306. The van der Waals surface area contributed by atoms with Gasteiger partial charge in [0.2, 0.25) is 5.43 Å². The van der Waals surface area contributed by atoms with Crippen molar-refractivity contribution in [2.75, 3.05) is 31.6 Å². The summed E-state index contributed by atoms with van der Waals surface area (Å²) in [6, 6.07) is 1.64. The van der Waals surface area contributed by atoms with E-state index in [0.29, 0.717) is 48.7 Å². The van der Waals surface area contributed by atoms with Gasteiger partial charge in [-0.15, -0.1) is 0 Å². The van der Waals surface area contributed by atoms with Crippen molar-refractivity contribution < 1.29 is 19.0 Å². The fourth-order valence-electron chi connectivity index (χ4n) is 6.37. The van der Waals surface area contributed by atoms with Gasteiger partial charge in [0, 0.05) is 44.0 Å². The number of fused-ring (bicyclic) bond motifs is 3. The van der Waals surface area contributed by atoms with Gasteiger partial charge in [0.1, 0.15) is 11.3 Å². The number of aromatic nitrogens is 1. The number of rotatable bonds is 5. The number of benzene rings is 1. The zero-order chi connectivity index (χ0) is 26.0. The Kier molecular flexibility index (Phi) is 5.89. The van der Waals surface area contributed by atoms with Crippen LogP contribution >= 0.6 is 12.2 Å². The van der Waals surface area contributed by atoms with Crippen LogP contribution in [0.3, 0.4) is 0 Å². The van der Waals surface area contributed by atoms with Crippen molar-refractivity contribution in [2.45, 2.75) is 50.7 Å². The Labute approximate surface area is 219 Å². The van der Waals surface area contributed by atoms with E-state index in [2.05, 4.69) is 29.3 Å². The number of piperazine rings is 1. The summed E-state index contributed by atoms with van der Waals surface area (Å²) >= 11 is 5.78. The third-order valence-electron chi connectivity index (χ3n) is 8.37. The lowest BCUT2D eigenvalue weighted by atomic mass is 10.0. The standard InChI is InChI=1S/C27H31FN4O4S/c1-14-12-30(7-8-31(14)27(37)29-21-10-15-3-4-16(21)9-15)23-20(28)11-18-22(25(23)36-2)32(17-5-6-17)13-19(24(18)33)26(34)35/h3-4,11,13-17,21H,5-10,12H2,1-2H3,(H,29,37)(H,34,35)/t14-,15+,16+,21-/m1/s1. The zero-order valence-corrected chi connectivity index (χ0v) is 21.8. The molecule has 1 aromatic carbocycles. The van der Waals surface area contributed by atoms with Crippen LogP contribution in [0.15, 0.2) is 29.2 Å². The number of pyridine rings is 1. The van der Waals surface area contributed by atoms with Crippen LogP contribution < -0.4 is 20.4 Å². The number of allylic oxidation sites excluding steroid dienone is 1. The molecule has 4 aliphatic rings. The van der Waals surface area contributed by atoms with E-state index in [1.54, 1.807) is 4.57 Å². The highest BCUT2D eigenvalue weighted by Gasteiger charge is 2.38. The molecule has 0 unspecified atom stereocenters. The molecule has 3 fully saturated rings. The maximum atomic E-state index is 15.7. The van der Waals surface area contributed by atoms with Crippen molar-refractivity contribution in [3.63, 3.8) is 0 Å². The largest absolute Gasteiger partial charge is 0.492 e. The predicted octanol–water partition coefficient (Wildman–Crippen LogP) is 3.53. The number of carbonyl (C=O) groups is 1. The Bertz CT molecular complexity index is 1390. The van der Waals surface area contributed by atoms with Crippen LogP contribution in [0, 0.1) is 17.7 Å². The topological polar surface area (TPSA) is 87.0 Å². The van der Waals surface area contributed by atoms with E-state index < -0.39 is 17.2 Å². The van der Waals surface area contributed by atoms with Crippen LogP contribution in [0.4, 0.5) is 10.1 Å². The van der Waals surface area contributed by atoms with E-state index in [9.17, 15) is 14.7 Å². The molecule has 6 rings (SSSR count). The average Bonchev–Trinajstić information content (AvgIpc) is 3.50. The van der Waals surface area contributed by atoms with Crippen LogP contribution in [-0.2, 0) is 0 Å². The molecule has 10 heteroatoms. The minimum Gasteiger partial charge on any atom is -0.492 e. The fourth-order valence-corrected chi connectivity index (χ4v) is 6.80. The molecule has 1 aliphatic heterocycles. The summed E-state index contributed by atoms with van der Waals surface area (Å²) in [4.78, 5) is 28.8. The summed E-state index contributed by atoms with van der Waals surface area (Å²) in [5, 5.41) is 13.9. The van der Waals surface area contributed by atoms with Crippen molar-refractivity contribution in [1.29, 1.82) is 0 Å². The van der Waals surface area contributed by atoms with Gasteiger partial charge in [-0.2, -0.15) is 0 Å². The first kappa shape index (κ1) is 24.2. The van der Waals surface area contributed by atoms with Crippen molar-refractivity contribution in [1.82, 2.24) is 14.8 Å². The smallest absolute Gasteiger partial charge is 0.341 e. The molecule has 0 spiro atoms. The molecular weight excluding hydrogens is 495 g/mol. The highest BCUT2D eigenvalue weighted by atomic mass is 32.1. The molecule has 2 saturated carbocycles. The second-order valence-corrected chi connectivity index (χ2v) is 11.2. The number of carboxylic acid groups (broad SMARTS) is 1. The first-order chi connectivity index (χ1) is 17.8. The predicted molar refractivity (Wildman–Crippen MR) is 143 cm³/mol. The van der Waals surface area contributed by atoms with E-state index in [1.165, 1.54) is 25.8 Å². The van der Waals surface area contributed by atoms with Crippen molar-refractivity contribution in [2.24, 2.45) is 11.8 Å². The van der Waals surface area contributed by atoms with Gasteiger partial charge in [-0.1, -0.05) is 12.2 Å². The minimum atomic E-state index is -1.32. The Balaban J connectivity index is 1.31. The average molecular weight is 527 g/mol. The normalized spacial score (nSPS) is 26.7. The molecule has 2 N–H and O–H groups in total. The number of carboxylic acids is 1. The highest BCUT2D eigenvalue weighted by Crippen LogP contribution is 2.44. The lowest BCUT2D eigenvalue weighted by Crippen LogP contribution is -2.58. The number of methoxy groups -OCH3 is 1. The third kappa shape index (κ3) is 4.05. The second kappa shape index (κ2) is 9.01. The number of thiocarbonyl (C=S) groups is 1. The van der Waals surface area contributed by atoms with Gasteiger partial charge >= 0.3 is 5.97 Å². The maximum Gasteiger partial charge on any atom is 0.341 e. The monoisotopic (exact) mass is 526 g/mol. The SMILES string of the molecule is COc1c(N2CCN(C(=S)N[C@@H]3C[C@H]4C=C[C@H]3C4)[C@H](C)C2)c(F)cc2c(=O)c(C(=O)O)cn(C3CC3)c12. The number of hydrogen-bond acceptors (Lipinski definition) is 5. The first-order valence-corrected chi connectivity index (χ1v) is 13.4. The molecular formula is C27H31FN4O4S. The molecule has 1 saturated heterocycles. The van der Waals surface area contributed by atoms with Crippen molar-refractivity contribution in [3.05, 3.63) is 46.0 Å². The van der Waals surface area contributed by atoms with Gasteiger partial charge in [0.25, 0.3) is 0 Å². The van der Waals surface area contributed by atoms with Crippen LogP contribution in [0.25, 0.3) is 10.9 Å². The summed E-state index contributed by atoms with van der Waals surface area (Å²) in [6.07, 6.45) is 10.0. The van der Waals surface area contributed by atoms with Crippen LogP contribution in [0.5, 0.6) is 5.75 Å². The molecule has 0 amide bonds. The Morgan fingerprint density at radius 2 is 2.03 bits per heavy atom. The number of anilines is 1. The molecule has 3 aliphatic carbocycles. The van der Waals surface area contributed by atoms with Gasteiger partial charge in [0.15, 0.2) is 16.7 Å². The first-order valence-electron chi connectivity index (χ1n) is 13.0. The molecule has 196 valence electrons. The Hall–Kier alpha value is -3.14. The summed E-state index contributed by atoms with van der Waals surface area (Å²) in [6.45, 7) is 3.75. The summed E-state index contributed by atoms with van der Waals surface area (Å²) in [7, 11) is 1.47. The molecule has 8 nitrogen and oxygen atoms in total. The summed E-state index contributed by atoms with van der Waals surface area (Å²) < 4.78 is 23.2. The summed E-state index contributed by atoms with van der Waals surface area (Å²) in [5.74, 6) is -0.447. The fraction of sp³-hybridized carbons (Fsp3) is 0.519. The number of nitrogens with one attached hydrogen (secondary N) is 1. The second-order valence-electron chi connectivity index (χ2n) is 10.8. The van der Waals surface area contributed by atoms with Crippen molar-refractivity contribution >= 4 is 39.9 Å². The van der Waals surface area contributed by atoms with Gasteiger partial charge in [-0.05, 0) is 62.7 Å². The van der Waals surface area contributed by atoms with E-state index in [1.807, 2.05) is 4.90 Å². The van der Waals surface area contributed by atoms with Gasteiger partial charge in [-0.3, -0.25) is 4.79 Å². The van der Waals surface area contributed by atoms with Crippen LogP contribution in [0.2, 0.25) is 0 Å². The number of hydrogen-bond donors (Lipinski definition) is 2. The van der Waals surface area contributed by atoms with Gasteiger partial charge < -0.3 is 29.5 Å². The molecule has 0 radical (unpaired) electrons. The Morgan fingerprint density at radius 3 is 2.62 bits per heavy atom. The van der Waals surface area contributed by atoms with Crippen LogP contribution in [-0.4, -0.2) is 64.5 Å². The van der Waals surface area contributed by atoms with Crippen LogP contribution in [0.1, 0.15) is 49.0 Å². The van der Waals surface area contributed by atoms with E-state index in [4.69, 9.17) is 17.0 Å². The number of ether oxygens (including phenoxy) is 1. The van der Waals surface area contributed by atoms with E-state index >= 15 is 4.39 Å². The molecule has 4 atom stereocenters. The lowest BCUT2D eigenvalue weighted by Gasteiger charge is -2.43. The van der Waals surface area contributed by atoms with E-state index in [-0.39, 0.29) is 28.8 Å². The Morgan fingerprint density at radius 1 is 1.24 bits per heavy atom. The molecule has 2 bridgehead atoms. The maximum absolute atomic E-state index is 15.7. The van der Waals surface area contributed by atoms with Crippen molar-refractivity contribution in [3.8, 4) is 5.75 Å². The molecule has 2 heterocycles. The van der Waals surface area contributed by atoms with Gasteiger partial charge in [-0.25, -0.2) is 9.18 Å². The molecule has 37 heavy (non-hydrogen) atoms. The lowest BCUT2D eigenvalue weighted by molar-refractivity contribution is 0.0694. The third-order valence-corrected chi connectivity index (χ3v) is 8.72. The highest BCUT2D eigenvalue weighted by molar-refractivity contribution is 7.80. The van der Waals surface area contributed by atoms with E-state index in [0.717, 1.165) is 24.4 Å². The number of nitrogens with zero attached hydrogens (tertiary/aromatic N) is 3. The molecule has 2 aromatic rings. The van der Waals surface area contributed by atoms with Gasteiger partial charge in [0.05, 0.1) is 18.0 Å². The number of aromatic carboxylic acids is 1. The quantitative estimate of drug-likeness (QED) is 0.452. The minimum absolute atomic E-state index is 0.0295. The molecule has 1 aromatic heterocycles. The zero-order valence-electron chi connectivity index (χ0n) is 20.9. The number of halogens is 1.